The topological polar surface area (TPSA) is 79.0 Å². The van der Waals surface area contributed by atoms with Crippen LogP contribution in [0.2, 0.25) is 0 Å². The number of nitrogens with zero attached hydrogens (tertiary/aromatic N) is 2. The van der Waals surface area contributed by atoms with Gasteiger partial charge in [0.05, 0.1) is 18.7 Å². The van der Waals surface area contributed by atoms with Crippen molar-refractivity contribution in [3.63, 3.8) is 0 Å². The van der Waals surface area contributed by atoms with E-state index in [0.29, 0.717) is 18.1 Å². The Morgan fingerprint density at radius 3 is 2.34 bits per heavy atom. The average molecular weight is 452 g/mol. The standard InChI is InChI=1S/C25H45N3O4/c1-11-32-24(31)18(5)15-19(16(2)3)28(10)23(30)21(25(6,7)8)26-22(29)20-14-17(4)12-13-27(20)9/h15-17,19-21H,11-14H2,1-10H3,(H,26,29)/b18-15+/t17-,19+,20-,21?/m0/s1. The van der Waals surface area contributed by atoms with E-state index >= 15 is 0 Å². The fourth-order valence-electron chi connectivity index (χ4n) is 4.12. The lowest BCUT2D eigenvalue weighted by Crippen LogP contribution is -2.60. The molecule has 4 atom stereocenters. The second-order valence-corrected chi connectivity index (χ2v) is 10.7. The van der Waals surface area contributed by atoms with Crippen LogP contribution in [0.5, 0.6) is 0 Å². The summed E-state index contributed by atoms with van der Waals surface area (Å²) in [6, 6.07) is -1.21. The van der Waals surface area contributed by atoms with Crippen LogP contribution in [0.3, 0.4) is 0 Å². The predicted molar refractivity (Wildman–Crippen MR) is 128 cm³/mol. The highest BCUT2D eigenvalue weighted by molar-refractivity contribution is 5.91. The number of carbonyl (C=O) groups excluding carboxylic acids is 3. The number of carbonyl (C=O) groups is 3. The third-order valence-corrected chi connectivity index (χ3v) is 6.33. The van der Waals surface area contributed by atoms with E-state index in [4.69, 9.17) is 4.74 Å². The molecule has 1 fully saturated rings. The molecule has 0 aromatic carbocycles. The Balaban J connectivity index is 3.12. The quantitative estimate of drug-likeness (QED) is 0.453. The van der Waals surface area contributed by atoms with Crippen molar-refractivity contribution in [3.05, 3.63) is 11.6 Å². The molecule has 184 valence electrons. The molecule has 2 amide bonds. The molecule has 1 saturated heterocycles. The first-order valence-electron chi connectivity index (χ1n) is 11.8. The van der Waals surface area contributed by atoms with Crippen molar-refractivity contribution in [2.45, 2.75) is 86.4 Å². The Kier molecular flexibility index (Phi) is 10.4. The van der Waals surface area contributed by atoms with E-state index in [1.54, 1.807) is 31.9 Å². The highest BCUT2D eigenvalue weighted by Gasteiger charge is 2.39. The maximum Gasteiger partial charge on any atom is 0.333 e. The Hall–Kier alpha value is -1.89. The minimum absolute atomic E-state index is 0.0787. The van der Waals surface area contributed by atoms with Crippen LogP contribution >= 0.6 is 0 Å². The second kappa shape index (κ2) is 11.8. The number of piperidine rings is 1. The van der Waals surface area contributed by atoms with Gasteiger partial charge in [-0.1, -0.05) is 47.6 Å². The molecule has 1 unspecified atom stereocenters. The van der Waals surface area contributed by atoms with Crippen LogP contribution in [-0.2, 0) is 19.1 Å². The van der Waals surface area contributed by atoms with Gasteiger partial charge in [0.1, 0.15) is 6.04 Å². The number of nitrogens with one attached hydrogen (secondary N) is 1. The van der Waals surface area contributed by atoms with Crippen molar-refractivity contribution >= 4 is 17.8 Å². The molecule has 0 saturated carbocycles. The Bertz CT molecular complexity index is 696. The van der Waals surface area contributed by atoms with Crippen LogP contribution < -0.4 is 5.32 Å². The van der Waals surface area contributed by atoms with Gasteiger partial charge >= 0.3 is 5.97 Å². The van der Waals surface area contributed by atoms with Gasteiger partial charge in [-0.15, -0.1) is 0 Å². The van der Waals surface area contributed by atoms with Crippen molar-refractivity contribution < 1.29 is 19.1 Å². The van der Waals surface area contributed by atoms with Gasteiger partial charge in [-0.3, -0.25) is 14.5 Å². The molecule has 0 aliphatic carbocycles. The van der Waals surface area contributed by atoms with Crippen LogP contribution in [0, 0.1) is 17.3 Å². The molecule has 7 nitrogen and oxygen atoms in total. The summed E-state index contributed by atoms with van der Waals surface area (Å²) in [5.41, 5.74) is 0.000687. The van der Waals surface area contributed by atoms with Crippen LogP contribution in [0.15, 0.2) is 11.6 Å². The molecule has 7 heteroatoms. The first-order chi connectivity index (χ1) is 14.7. The first-order valence-corrected chi connectivity index (χ1v) is 11.8. The molecule has 0 spiro atoms. The van der Waals surface area contributed by atoms with E-state index in [0.717, 1.165) is 19.4 Å². The number of hydrogen-bond donors (Lipinski definition) is 1. The SMILES string of the molecule is CCOC(=O)/C(C)=C/[C@H](C(C)C)N(C)C(=O)C(NC(=O)[C@@H]1C[C@@H](C)CCN1C)C(C)(C)C. The summed E-state index contributed by atoms with van der Waals surface area (Å²) < 4.78 is 5.09. The molecule has 0 aromatic rings. The summed E-state index contributed by atoms with van der Waals surface area (Å²) in [6.45, 7) is 16.7. The van der Waals surface area contributed by atoms with Crippen molar-refractivity contribution in [3.8, 4) is 0 Å². The molecule has 1 aliphatic heterocycles. The largest absolute Gasteiger partial charge is 0.463 e. The van der Waals surface area contributed by atoms with Crippen molar-refractivity contribution in [1.82, 2.24) is 15.1 Å². The second-order valence-electron chi connectivity index (χ2n) is 10.7. The van der Waals surface area contributed by atoms with E-state index in [1.165, 1.54) is 0 Å². The summed E-state index contributed by atoms with van der Waals surface area (Å²) in [7, 11) is 3.70. The lowest BCUT2D eigenvalue weighted by molar-refractivity contribution is -0.142. The van der Waals surface area contributed by atoms with Gasteiger partial charge in [-0.2, -0.15) is 0 Å². The highest BCUT2D eigenvalue weighted by atomic mass is 16.5. The van der Waals surface area contributed by atoms with Crippen LogP contribution in [0.1, 0.15) is 68.2 Å². The molecule has 32 heavy (non-hydrogen) atoms. The summed E-state index contributed by atoms with van der Waals surface area (Å²) in [4.78, 5) is 42.6. The number of likely N-dealkylation sites (N-methyl/N-ethyl adjacent to an activating group) is 2. The summed E-state index contributed by atoms with van der Waals surface area (Å²) in [6.07, 6.45) is 3.66. The number of likely N-dealkylation sites (tertiary alicyclic amines) is 1. The minimum atomic E-state index is -0.678. The zero-order valence-electron chi connectivity index (χ0n) is 21.8. The number of ether oxygens (including phenoxy) is 1. The molecule has 0 radical (unpaired) electrons. The maximum absolute atomic E-state index is 13.6. The van der Waals surface area contributed by atoms with Gasteiger partial charge in [0.25, 0.3) is 0 Å². The maximum atomic E-state index is 13.6. The van der Waals surface area contributed by atoms with Gasteiger partial charge < -0.3 is 15.0 Å². The van der Waals surface area contributed by atoms with E-state index < -0.39 is 11.5 Å². The fraction of sp³-hybridized carbons (Fsp3) is 0.800. The summed E-state index contributed by atoms with van der Waals surface area (Å²) in [5.74, 6) is -0.0807. The molecule has 1 N–H and O–H groups in total. The van der Waals surface area contributed by atoms with Gasteiger partial charge in [-0.25, -0.2) is 4.79 Å². The third-order valence-electron chi connectivity index (χ3n) is 6.33. The van der Waals surface area contributed by atoms with E-state index in [-0.39, 0.29) is 35.8 Å². The number of hydrogen-bond acceptors (Lipinski definition) is 5. The summed E-state index contributed by atoms with van der Waals surface area (Å²) >= 11 is 0. The Labute approximate surface area is 194 Å². The number of amides is 2. The van der Waals surface area contributed by atoms with Crippen LogP contribution in [-0.4, -0.2) is 73.0 Å². The van der Waals surface area contributed by atoms with E-state index in [9.17, 15) is 14.4 Å². The monoisotopic (exact) mass is 451 g/mol. The first kappa shape index (κ1) is 28.1. The normalized spacial score (nSPS) is 22.3. The molecular formula is C25H45N3O4. The number of esters is 1. The minimum Gasteiger partial charge on any atom is -0.463 e. The predicted octanol–water partition coefficient (Wildman–Crippen LogP) is 3.24. The number of rotatable bonds is 8. The zero-order chi connectivity index (χ0) is 24.8. The Morgan fingerprint density at radius 2 is 1.84 bits per heavy atom. The van der Waals surface area contributed by atoms with Gasteiger partial charge in [-0.05, 0) is 57.5 Å². The molecule has 1 heterocycles. The van der Waals surface area contributed by atoms with Gasteiger partial charge in [0.15, 0.2) is 0 Å². The highest BCUT2D eigenvalue weighted by Crippen LogP contribution is 2.26. The van der Waals surface area contributed by atoms with Crippen molar-refractivity contribution in [2.24, 2.45) is 17.3 Å². The molecule has 1 rings (SSSR count). The van der Waals surface area contributed by atoms with Crippen LogP contribution in [0.4, 0.5) is 0 Å². The summed E-state index contributed by atoms with van der Waals surface area (Å²) in [5, 5.41) is 3.06. The third kappa shape index (κ3) is 7.61. The smallest absolute Gasteiger partial charge is 0.333 e. The lowest BCUT2D eigenvalue weighted by Gasteiger charge is -2.40. The zero-order valence-corrected chi connectivity index (χ0v) is 21.8. The van der Waals surface area contributed by atoms with Crippen molar-refractivity contribution in [2.75, 3.05) is 27.2 Å². The van der Waals surface area contributed by atoms with E-state index in [2.05, 4.69) is 17.1 Å². The van der Waals surface area contributed by atoms with Crippen molar-refractivity contribution in [1.29, 1.82) is 0 Å². The molecule has 0 aromatic heterocycles. The molecule has 1 aliphatic rings. The molecule has 0 bridgehead atoms. The molecular weight excluding hydrogens is 406 g/mol. The van der Waals surface area contributed by atoms with E-state index in [1.807, 2.05) is 41.7 Å². The van der Waals surface area contributed by atoms with Crippen LogP contribution in [0.25, 0.3) is 0 Å². The fourth-order valence-corrected chi connectivity index (χ4v) is 4.12. The average Bonchev–Trinajstić information content (AvgIpc) is 2.69. The lowest BCUT2D eigenvalue weighted by atomic mass is 9.84. The van der Waals surface area contributed by atoms with Gasteiger partial charge in [0, 0.05) is 12.6 Å². The Morgan fingerprint density at radius 1 is 1.25 bits per heavy atom. The van der Waals surface area contributed by atoms with Gasteiger partial charge in [0.2, 0.25) is 11.8 Å².